The molecule has 0 bridgehead atoms. The smallest absolute Gasteiger partial charge is 0.0747 e. The van der Waals surface area contributed by atoms with Crippen molar-refractivity contribution in [2.24, 2.45) is 5.73 Å². The van der Waals surface area contributed by atoms with Crippen molar-refractivity contribution in [2.75, 3.05) is 6.61 Å². The highest BCUT2D eigenvalue weighted by Gasteiger charge is 2.04. The molecule has 46 valence electrons. The molecule has 0 spiro atoms. The first-order valence-corrected chi connectivity index (χ1v) is 2.87. The van der Waals surface area contributed by atoms with Crippen molar-refractivity contribution < 1.29 is 4.74 Å². The maximum Gasteiger partial charge on any atom is 0.0747 e. The zero-order chi connectivity index (χ0) is 5.98. The molecule has 1 heterocycles. The Labute approximate surface area is 49.3 Å². The molecule has 0 saturated heterocycles. The zero-order valence-electron chi connectivity index (χ0n) is 5.05. The van der Waals surface area contributed by atoms with E-state index < -0.39 is 0 Å². The van der Waals surface area contributed by atoms with Crippen molar-refractivity contribution >= 4 is 0 Å². The van der Waals surface area contributed by atoms with E-state index in [9.17, 15) is 0 Å². The summed E-state index contributed by atoms with van der Waals surface area (Å²) in [6.07, 6.45) is 3.07. The van der Waals surface area contributed by atoms with Gasteiger partial charge in [0.15, 0.2) is 0 Å². The van der Waals surface area contributed by atoms with Gasteiger partial charge in [-0.3, -0.25) is 0 Å². The van der Waals surface area contributed by atoms with Crippen molar-refractivity contribution in [3.8, 4) is 0 Å². The average Bonchev–Trinajstić information content (AvgIpc) is 1.64. The lowest BCUT2D eigenvalue weighted by molar-refractivity contribution is 0.0888. The maximum absolute atomic E-state index is 5.51. The molecule has 2 nitrogen and oxygen atoms in total. The standard InChI is InChI=1S/C6H11NO/c1-5-4-6(7)2-3-8-5/h4-5H,2-3,7H2,1H3/t5-/m0/s1. The van der Waals surface area contributed by atoms with Gasteiger partial charge in [0, 0.05) is 12.1 Å². The third-order valence-electron chi connectivity index (χ3n) is 1.22. The van der Waals surface area contributed by atoms with Gasteiger partial charge in [0.05, 0.1) is 12.7 Å². The van der Waals surface area contributed by atoms with Crippen LogP contribution in [-0.2, 0) is 4.74 Å². The van der Waals surface area contributed by atoms with Crippen molar-refractivity contribution in [3.05, 3.63) is 11.8 Å². The molecule has 0 amide bonds. The molecule has 1 atom stereocenters. The van der Waals surface area contributed by atoms with Crippen LogP contribution in [-0.4, -0.2) is 12.7 Å². The Kier molecular flexibility index (Phi) is 1.53. The first-order valence-electron chi connectivity index (χ1n) is 2.87. The third kappa shape index (κ3) is 1.23. The van der Waals surface area contributed by atoms with E-state index in [4.69, 9.17) is 10.5 Å². The van der Waals surface area contributed by atoms with Crippen molar-refractivity contribution in [1.82, 2.24) is 0 Å². The average molecular weight is 113 g/mol. The van der Waals surface area contributed by atoms with Crippen LogP contribution in [0.2, 0.25) is 0 Å². The summed E-state index contributed by atoms with van der Waals surface area (Å²) in [5.41, 5.74) is 6.47. The molecule has 1 aliphatic rings. The summed E-state index contributed by atoms with van der Waals surface area (Å²) in [6, 6.07) is 0. The van der Waals surface area contributed by atoms with Crippen molar-refractivity contribution in [1.29, 1.82) is 0 Å². The Morgan fingerprint density at radius 1 is 1.88 bits per heavy atom. The monoisotopic (exact) mass is 113 g/mol. The fourth-order valence-corrected chi connectivity index (χ4v) is 0.796. The van der Waals surface area contributed by atoms with Gasteiger partial charge in [-0.25, -0.2) is 0 Å². The second-order valence-corrected chi connectivity index (χ2v) is 2.07. The van der Waals surface area contributed by atoms with Gasteiger partial charge in [0.1, 0.15) is 0 Å². The minimum absolute atomic E-state index is 0.226. The molecule has 0 aromatic carbocycles. The van der Waals surface area contributed by atoms with E-state index in [1.165, 1.54) is 0 Å². The lowest BCUT2D eigenvalue weighted by Crippen LogP contribution is -2.16. The topological polar surface area (TPSA) is 35.2 Å². The second kappa shape index (κ2) is 2.18. The predicted molar refractivity (Wildman–Crippen MR) is 32.3 cm³/mol. The molecule has 0 unspecified atom stereocenters. The Balaban J connectivity index is 2.50. The highest BCUT2D eigenvalue weighted by atomic mass is 16.5. The van der Waals surface area contributed by atoms with Crippen LogP contribution in [0.3, 0.4) is 0 Å². The van der Waals surface area contributed by atoms with Crippen LogP contribution in [0, 0.1) is 0 Å². The van der Waals surface area contributed by atoms with Crippen molar-refractivity contribution in [2.45, 2.75) is 19.4 Å². The van der Waals surface area contributed by atoms with Gasteiger partial charge in [-0.2, -0.15) is 0 Å². The third-order valence-corrected chi connectivity index (χ3v) is 1.22. The Morgan fingerprint density at radius 2 is 2.62 bits per heavy atom. The van der Waals surface area contributed by atoms with Crippen molar-refractivity contribution in [3.63, 3.8) is 0 Å². The van der Waals surface area contributed by atoms with Crippen LogP contribution in [0.5, 0.6) is 0 Å². The summed E-state index contributed by atoms with van der Waals surface area (Å²) in [5, 5.41) is 0. The summed E-state index contributed by atoms with van der Waals surface area (Å²) >= 11 is 0. The fourth-order valence-electron chi connectivity index (χ4n) is 0.796. The molecule has 2 N–H and O–H groups in total. The van der Waals surface area contributed by atoms with Crippen LogP contribution in [0.25, 0.3) is 0 Å². The van der Waals surface area contributed by atoms with E-state index in [1.807, 2.05) is 13.0 Å². The minimum Gasteiger partial charge on any atom is -0.402 e. The van der Waals surface area contributed by atoms with Crippen LogP contribution >= 0.6 is 0 Å². The van der Waals surface area contributed by atoms with Gasteiger partial charge >= 0.3 is 0 Å². The van der Waals surface area contributed by atoms with E-state index >= 15 is 0 Å². The highest BCUT2D eigenvalue weighted by molar-refractivity contribution is 5.02. The first kappa shape index (κ1) is 5.63. The number of hydrogen-bond donors (Lipinski definition) is 1. The highest BCUT2D eigenvalue weighted by Crippen LogP contribution is 2.06. The first-order chi connectivity index (χ1) is 3.79. The second-order valence-electron chi connectivity index (χ2n) is 2.07. The van der Waals surface area contributed by atoms with E-state index in [2.05, 4.69) is 0 Å². The summed E-state index contributed by atoms with van der Waals surface area (Å²) < 4.78 is 5.19. The van der Waals surface area contributed by atoms with Crippen LogP contribution in [0.15, 0.2) is 11.8 Å². The summed E-state index contributed by atoms with van der Waals surface area (Å²) in [6.45, 7) is 2.77. The van der Waals surface area contributed by atoms with Gasteiger partial charge < -0.3 is 10.5 Å². The van der Waals surface area contributed by atoms with E-state index in [1.54, 1.807) is 0 Å². The largest absolute Gasteiger partial charge is 0.402 e. The SMILES string of the molecule is C[C@H]1C=C(N)CCO1. The summed E-state index contributed by atoms with van der Waals surface area (Å²) in [4.78, 5) is 0. The molecule has 0 aromatic heterocycles. The molecular formula is C6H11NO. The number of rotatable bonds is 0. The molecule has 0 fully saturated rings. The number of ether oxygens (including phenoxy) is 1. The van der Waals surface area contributed by atoms with Crippen LogP contribution in [0.1, 0.15) is 13.3 Å². The predicted octanol–water partition coefficient (Wildman–Crippen LogP) is 0.638. The molecule has 2 heteroatoms. The number of nitrogens with two attached hydrogens (primary N) is 1. The van der Waals surface area contributed by atoms with Crippen LogP contribution in [0.4, 0.5) is 0 Å². The van der Waals surface area contributed by atoms with E-state index in [-0.39, 0.29) is 6.10 Å². The lowest BCUT2D eigenvalue weighted by atomic mass is 10.2. The Hall–Kier alpha value is -0.500. The molecule has 8 heavy (non-hydrogen) atoms. The van der Waals surface area contributed by atoms with Gasteiger partial charge in [0.2, 0.25) is 0 Å². The quantitative estimate of drug-likeness (QED) is 0.500. The number of hydrogen-bond acceptors (Lipinski definition) is 2. The van der Waals surface area contributed by atoms with Gasteiger partial charge in [-0.1, -0.05) is 0 Å². The van der Waals surface area contributed by atoms with E-state index in [0.29, 0.717) is 0 Å². The van der Waals surface area contributed by atoms with Gasteiger partial charge in [-0.05, 0) is 13.0 Å². The summed E-state index contributed by atoms with van der Waals surface area (Å²) in [5.74, 6) is 0. The maximum atomic E-state index is 5.51. The van der Waals surface area contributed by atoms with Crippen LogP contribution < -0.4 is 5.73 Å². The molecule has 0 radical (unpaired) electrons. The molecule has 1 rings (SSSR count). The molecule has 0 saturated carbocycles. The van der Waals surface area contributed by atoms with Gasteiger partial charge in [0.25, 0.3) is 0 Å². The molecule has 0 aliphatic carbocycles. The fraction of sp³-hybridized carbons (Fsp3) is 0.667. The zero-order valence-corrected chi connectivity index (χ0v) is 5.05. The molecule has 0 aromatic rings. The normalized spacial score (nSPS) is 29.6. The van der Waals surface area contributed by atoms with E-state index in [0.717, 1.165) is 18.7 Å². The Bertz CT molecular complexity index is 109. The molecular weight excluding hydrogens is 102 g/mol. The summed E-state index contributed by atoms with van der Waals surface area (Å²) in [7, 11) is 0. The molecule has 1 aliphatic heterocycles. The Morgan fingerprint density at radius 3 is 3.00 bits per heavy atom. The minimum atomic E-state index is 0.226. The van der Waals surface area contributed by atoms with Gasteiger partial charge in [-0.15, -0.1) is 0 Å². The lowest BCUT2D eigenvalue weighted by Gasteiger charge is -2.15.